The molecule has 2 heterocycles. The Kier molecular flexibility index (Phi) is 4.72. The molecule has 0 radical (unpaired) electrons. The van der Waals surface area contributed by atoms with Gasteiger partial charge in [-0.2, -0.15) is 0 Å². The van der Waals surface area contributed by atoms with Crippen LogP contribution in [0.2, 0.25) is 0 Å². The van der Waals surface area contributed by atoms with Crippen LogP contribution in [0.25, 0.3) is 5.65 Å². The molecule has 0 saturated carbocycles. The van der Waals surface area contributed by atoms with Crippen LogP contribution in [0.3, 0.4) is 0 Å². The highest BCUT2D eigenvalue weighted by molar-refractivity contribution is 9.10. The van der Waals surface area contributed by atoms with Gasteiger partial charge in [-0.05, 0) is 60.0 Å². The summed E-state index contributed by atoms with van der Waals surface area (Å²) in [6.45, 7) is 5.43. The van der Waals surface area contributed by atoms with E-state index in [1.807, 2.05) is 30.5 Å². The van der Waals surface area contributed by atoms with E-state index >= 15 is 0 Å². The molecule has 6 heteroatoms. The molecule has 1 aromatic carbocycles. The quantitative estimate of drug-likeness (QED) is 0.660. The maximum Gasteiger partial charge on any atom is 0.274 e. The molecule has 128 valence electrons. The second kappa shape index (κ2) is 6.80. The zero-order chi connectivity index (χ0) is 18.1. The first kappa shape index (κ1) is 17.4. The van der Waals surface area contributed by atoms with Crippen molar-refractivity contribution in [2.24, 2.45) is 0 Å². The summed E-state index contributed by atoms with van der Waals surface area (Å²) in [5.74, 6) is -0.290. The predicted octanol–water partition coefficient (Wildman–Crippen LogP) is 4.42. The van der Waals surface area contributed by atoms with Crippen LogP contribution in [0.5, 0.6) is 0 Å². The molecular weight excluding hydrogens is 382 g/mol. The van der Waals surface area contributed by atoms with Gasteiger partial charge in [0, 0.05) is 17.4 Å². The number of rotatable bonds is 4. The summed E-state index contributed by atoms with van der Waals surface area (Å²) in [7, 11) is 0. The topological polar surface area (TPSA) is 63.5 Å². The summed E-state index contributed by atoms with van der Waals surface area (Å²) in [5.41, 5.74) is 4.12. The Morgan fingerprint density at radius 3 is 2.72 bits per heavy atom. The van der Waals surface area contributed by atoms with E-state index in [0.29, 0.717) is 29.0 Å². The molecule has 1 amide bonds. The zero-order valence-corrected chi connectivity index (χ0v) is 15.8. The van der Waals surface area contributed by atoms with E-state index in [1.165, 1.54) is 6.92 Å². The average Bonchev–Trinajstić information content (AvgIpc) is 2.93. The molecule has 3 rings (SSSR count). The first-order valence-electron chi connectivity index (χ1n) is 8.00. The molecule has 0 unspecified atom stereocenters. The molecule has 0 atom stereocenters. The normalized spacial score (nSPS) is 10.9. The minimum absolute atomic E-state index is 0.0419. The van der Waals surface area contributed by atoms with Crippen LogP contribution in [-0.4, -0.2) is 21.1 Å². The van der Waals surface area contributed by atoms with Gasteiger partial charge in [0.1, 0.15) is 5.69 Å². The molecule has 0 fully saturated rings. The number of Topliss-reactive ketones (excluding diaryl/α,β-unsaturated/α-hetero) is 1. The number of nitrogens with zero attached hydrogens (tertiary/aromatic N) is 2. The van der Waals surface area contributed by atoms with E-state index in [2.05, 4.69) is 26.2 Å². The van der Waals surface area contributed by atoms with E-state index < -0.39 is 0 Å². The predicted molar refractivity (Wildman–Crippen MR) is 101 cm³/mol. The van der Waals surface area contributed by atoms with Gasteiger partial charge < -0.3 is 5.32 Å². The summed E-state index contributed by atoms with van der Waals surface area (Å²) >= 11 is 3.51. The minimum Gasteiger partial charge on any atom is -0.321 e. The van der Waals surface area contributed by atoms with Gasteiger partial charge in [-0.3, -0.25) is 14.0 Å². The molecule has 5 nitrogen and oxygen atoms in total. The molecule has 0 bridgehead atoms. The fourth-order valence-electron chi connectivity index (χ4n) is 2.77. The number of amides is 1. The summed E-state index contributed by atoms with van der Waals surface area (Å²) in [5, 5.41) is 2.88. The number of benzene rings is 1. The van der Waals surface area contributed by atoms with Crippen molar-refractivity contribution in [2.45, 2.75) is 27.2 Å². The van der Waals surface area contributed by atoms with Gasteiger partial charge >= 0.3 is 0 Å². The highest BCUT2D eigenvalue weighted by Crippen LogP contribution is 2.24. The monoisotopic (exact) mass is 399 g/mol. The largest absolute Gasteiger partial charge is 0.321 e. The van der Waals surface area contributed by atoms with E-state index in [9.17, 15) is 9.59 Å². The molecule has 0 aliphatic rings. The van der Waals surface area contributed by atoms with Crippen LogP contribution >= 0.6 is 15.9 Å². The third kappa shape index (κ3) is 3.35. The summed E-state index contributed by atoms with van der Waals surface area (Å²) in [6.07, 6.45) is 2.54. The molecule has 2 aromatic heterocycles. The van der Waals surface area contributed by atoms with E-state index in [4.69, 9.17) is 0 Å². The van der Waals surface area contributed by atoms with Crippen molar-refractivity contribution >= 4 is 39.0 Å². The van der Waals surface area contributed by atoms with Gasteiger partial charge in [0.15, 0.2) is 11.4 Å². The summed E-state index contributed by atoms with van der Waals surface area (Å²) in [4.78, 5) is 29.0. The summed E-state index contributed by atoms with van der Waals surface area (Å²) < 4.78 is 2.66. The number of aromatic nitrogens is 2. The summed E-state index contributed by atoms with van der Waals surface area (Å²) in [6, 6.07) is 8.89. The maximum absolute atomic E-state index is 12.9. The number of hydrogen-bond donors (Lipinski definition) is 1. The van der Waals surface area contributed by atoms with Crippen molar-refractivity contribution in [3.05, 3.63) is 63.5 Å². The first-order chi connectivity index (χ1) is 11.9. The molecular formula is C19H18BrN3O2. The molecule has 1 N–H and O–H groups in total. The van der Waals surface area contributed by atoms with Crippen LogP contribution in [0.4, 0.5) is 5.69 Å². The van der Waals surface area contributed by atoms with Gasteiger partial charge in [0.05, 0.1) is 10.2 Å². The van der Waals surface area contributed by atoms with Crippen molar-refractivity contribution in [1.82, 2.24) is 9.38 Å². The number of carbonyl (C=O) groups excluding carboxylic acids is 2. The molecule has 0 aliphatic heterocycles. The molecule has 0 saturated heterocycles. The SMILES string of the molecule is CCc1nc2c(Br)cc(C)cn2c1C(=O)Nc1cccc(C(C)=O)c1. The Bertz CT molecular complexity index is 992. The van der Waals surface area contributed by atoms with Crippen LogP contribution < -0.4 is 5.32 Å². The number of carbonyl (C=O) groups is 2. The zero-order valence-electron chi connectivity index (χ0n) is 14.3. The number of anilines is 1. The van der Waals surface area contributed by atoms with Gasteiger partial charge in [-0.25, -0.2) is 4.98 Å². The van der Waals surface area contributed by atoms with Crippen LogP contribution in [0, 0.1) is 6.92 Å². The highest BCUT2D eigenvalue weighted by atomic mass is 79.9. The maximum atomic E-state index is 12.9. The van der Waals surface area contributed by atoms with Crippen molar-refractivity contribution < 1.29 is 9.59 Å². The molecule has 3 aromatic rings. The van der Waals surface area contributed by atoms with Crippen molar-refractivity contribution in [2.75, 3.05) is 5.32 Å². The Balaban J connectivity index is 2.05. The number of hydrogen-bond acceptors (Lipinski definition) is 3. The van der Waals surface area contributed by atoms with E-state index in [0.717, 1.165) is 15.7 Å². The fourth-order valence-corrected chi connectivity index (χ4v) is 3.41. The van der Waals surface area contributed by atoms with E-state index in [1.54, 1.807) is 24.3 Å². The molecule has 0 spiro atoms. The Labute approximate surface area is 154 Å². The molecule has 0 aliphatic carbocycles. The molecule has 25 heavy (non-hydrogen) atoms. The Morgan fingerprint density at radius 1 is 1.28 bits per heavy atom. The number of nitrogens with one attached hydrogen (secondary N) is 1. The number of imidazole rings is 1. The van der Waals surface area contributed by atoms with Gasteiger partial charge in [-0.15, -0.1) is 0 Å². The van der Waals surface area contributed by atoms with Gasteiger partial charge in [0.2, 0.25) is 0 Å². The standard InChI is InChI=1S/C19H18BrN3O2/c1-4-16-17(23-10-11(2)8-15(20)18(23)22-16)19(25)21-14-7-5-6-13(9-14)12(3)24/h5-10H,4H2,1-3H3,(H,21,25). The van der Waals surface area contributed by atoms with Crippen molar-refractivity contribution in [1.29, 1.82) is 0 Å². The Morgan fingerprint density at radius 2 is 2.04 bits per heavy atom. The van der Waals surface area contributed by atoms with Crippen LogP contribution in [0.1, 0.15) is 46.0 Å². The van der Waals surface area contributed by atoms with Gasteiger partial charge in [0.25, 0.3) is 5.91 Å². The number of pyridine rings is 1. The second-order valence-electron chi connectivity index (χ2n) is 5.91. The fraction of sp³-hybridized carbons (Fsp3) is 0.211. The lowest BCUT2D eigenvalue weighted by molar-refractivity contribution is 0.100. The number of ketones is 1. The second-order valence-corrected chi connectivity index (χ2v) is 6.77. The first-order valence-corrected chi connectivity index (χ1v) is 8.79. The van der Waals surface area contributed by atoms with Gasteiger partial charge in [-0.1, -0.05) is 19.1 Å². The number of aryl methyl sites for hydroxylation is 2. The average molecular weight is 400 g/mol. The Hall–Kier alpha value is -2.47. The lowest BCUT2D eigenvalue weighted by Crippen LogP contribution is -2.16. The smallest absolute Gasteiger partial charge is 0.274 e. The lowest BCUT2D eigenvalue weighted by atomic mass is 10.1. The number of halogens is 1. The van der Waals surface area contributed by atoms with Crippen LogP contribution in [0.15, 0.2) is 41.0 Å². The number of fused-ring (bicyclic) bond motifs is 1. The van der Waals surface area contributed by atoms with Crippen molar-refractivity contribution in [3.63, 3.8) is 0 Å². The van der Waals surface area contributed by atoms with Crippen molar-refractivity contribution in [3.8, 4) is 0 Å². The minimum atomic E-state index is -0.248. The van der Waals surface area contributed by atoms with E-state index in [-0.39, 0.29) is 11.7 Å². The lowest BCUT2D eigenvalue weighted by Gasteiger charge is -2.08. The third-order valence-electron chi connectivity index (χ3n) is 3.96. The highest BCUT2D eigenvalue weighted by Gasteiger charge is 2.20. The van der Waals surface area contributed by atoms with Crippen LogP contribution in [-0.2, 0) is 6.42 Å². The third-order valence-corrected chi connectivity index (χ3v) is 4.54.